The molecule has 1 aliphatic rings. The second kappa shape index (κ2) is 6.33. The number of carbonyl (C=O) groups excluding carboxylic acids is 2. The molecule has 1 aromatic heterocycles. The number of nitrogens with zero attached hydrogens (tertiary/aromatic N) is 1. The van der Waals surface area contributed by atoms with Crippen molar-refractivity contribution in [1.82, 2.24) is 0 Å². The summed E-state index contributed by atoms with van der Waals surface area (Å²) < 4.78 is 15.2. The third-order valence-electron chi connectivity index (χ3n) is 3.40. The number of hydrogen-bond donors (Lipinski definition) is 1. The van der Waals surface area contributed by atoms with Gasteiger partial charge in [-0.1, -0.05) is 0 Å². The summed E-state index contributed by atoms with van der Waals surface area (Å²) in [6, 6.07) is 6.16. The summed E-state index contributed by atoms with van der Waals surface area (Å²) in [5, 5.41) is 4.42. The predicted octanol–water partition coefficient (Wildman–Crippen LogP) is 3.87. The Hall–Kier alpha value is -1.48. The number of rotatable bonds is 3. The van der Waals surface area contributed by atoms with Crippen molar-refractivity contribution in [3.63, 3.8) is 0 Å². The van der Waals surface area contributed by atoms with E-state index in [4.69, 9.17) is 0 Å². The SMILES string of the molecule is O=C(Nc1ccc(N2CCCC2=O)c(F)c1)c1csc(I)c1. The molecule has 2 amide bonds. The van der Waals surface area contributed by atoms with Crippen molar-refractivity contribution < 1.29 is 14.0 Å². The minimum Gasteiger partial charge on any atom is -0.322 e. The summed E-state index contributed by atoms with van der Waals surface area (Å²) in [7, 11) is 0. The van der Waals surface area contributed by atoms with Crippen LogP contribution < -0.4 is 10.2 Å². The first-order valence-corrected chi connectivity index (χ1v) is 8.66. The van der Waals surface area contributed by atoms with Crippen molar-refractivity contribution in [2.75, 3.05) is 16.8 Å². The average molecular weight is 430 g/mol. The van der Waals surface area contributed by atoms with E-state index >= 15 is 0 Å². The maximum absolute atomic E-state index is 14.2. The predicted molar refractivity (Wildman–Crippen MR) is 93.0 cm³/mol. The molecule has 114 valence electrons. The van der Waals surface area contributed by atoms with Crippen molar-refractivity contribution in [1.29, 1.82) is 0 Å². The fraction of sp³-hybridized carbons (Fsp3) is 0.200. The van der Waals surface area contributed by atoms with Crippen molar-refractivity contribution in [2.24, 2.45) is 0 Å². The molecule has 1 aliphatic heterocycles. The maximum atomic E-state index is 14.2. The van der Waals surface area contributed by atoms with E-state index in [9.17, 15) is 14.0 Å². The molecule has 1 N–H and O–H groups in total. The Morgan fingerprint density at radius 2 is 2.18 bits per heavy atom. The Morgan fingerprint density at radius 1 is 1.36 bits per heavy atom. The van der Waals surface area contributed by atoms with Crippen LogP contribution >= 0.6 is 33.9 Å². The number of hydrogen-bond acceptors (Lipinski definition) is 3. The van der Waals surface area contributed by atoms with E-state index in [1.54, 1.807) is 17.5 Å². The molecular weight excluding hydrogens is 418 g/mol. The van der Waals surface area contributed by atoms with Crippen LogP contribution in [-0.4, -0.2) is 18.4 Å². The maximum Gasteiger partial charge on any atom is 0.256 e. The zero-order valence-electron chi connectivity index (χ0n) is 11.4. The van der Waals surface area contributed by atoms with Crippen LogP contribution in [-0.2, 0) is 4.79 Å². The second-order valence-corrected chi connectivity index (χ2v) is 7.71. The molecule has 1 fully saturated rings. The highest BCUT2D eigenvalue weighted by atomic mass is 127. The first kappa shape index (κ1) is 15.4. The number of amides is 2. The number of halogens is 2. The van der Waals surface area contributed by atoms with Crippen molar-refractivity contribution in [2.45, 2.75) is 12.8 Å². The van der Waals surface area contributed by atoms with Crippen molar-refractivity contribution in [3.05, 3.63) is 43.9 Å². The highest BCUT2D eigenvalue weighted by Crippen LogP contribution is 2.27. The summed E-state index contributed by atoms with van der Waals surface area (Å²) in [4.78, 5) is 25.2. The lowest BCUT2D eigenvalue weighted by Crippen LogP contribution is -2.24. The minimum absolute atomic E-state index is 0.0662. The van der Waals surface area contributed by atoms with Gasteiger partial charge in [-0.15, -0.1) is 11.3 Å². The summed E-state index contributed by atoms with van der Waals surface area (Å²) in [6.07, 6.45) is 1.20. The van der Waals surface area contributed by atoms with Crippen LogP contribution in [0.25, 0.3) is 0 Å². The van der Waals surface area contributed by atoms with Gasteiger partial charge in [-0.05, 0) is 53.3 Å². The Kier molecular flexibility index (Phi) is 4.44. The summed E-state index contributed by atoms with van der Waals surface area (Å²) in [6.45, 7) is 0.537. The lowest BCUT2D eigenvalue weighted by Gasteiger charge is -2.17. The molecular formula is C15H12FIN2O2S. The summed E-state index contributed by atoms with van der Waals surface area (Å²) in [5.41, 5.74) is 1.19. The monoisotopic (exact) mass is 430 g/mol. The molecule has 0 bridgehead atoms. The Labute approximate surface area is 144 Å². The second-order valence-electron chi connectivity index (χ2n) is 4.91. The number of thiophene rings is 1. The normalized spacial score (nSPS) is 14.5. The lowest BCUT2D eigenvalue weighted by molar-refractivity contribution is -0.117. The van der Waals surface area contributed by atoms with E-state index in [1.807, 2.05) is 0 Å². The standard InChI is InChI=1S/C15H12FIN2O2S/c16-11-7-10(18-15(21)9-6-13(17)22-8-9)3-4-12(11)19-5-1-2-14(19)20/h3-4,6-8H,1-2,5H2,(H,18,21). The first-order chi connectivity index (χ1) is 10.5. The number of benzene rings is 1. The number of nitrogens with one attached hydrogen (secondary N) is 1. The van der Waals surface area contributed by atoms with Crippen LogP contribution in [0.5, 0.6) is 0 Å². The van der Waals surface area contributed by atoms with E-state index in [-0.39, 0.29) is 17.5 Å². The highest BCUT2D eigenvalue weighted by molar-refractivity contribution is 14.1. The molecule has 2 aromatic rings. The molecule has 7 heteroatoms. The van der Waals surface area contributed by atoms with Crippen LogP contribution in [0.15, 0.2) is 29.6 Å². The average Bonchev–Trinajstić information content (AvgIpc) is 3.08. The van der Waals surface area contributed by atoms with Gasteiger partial charge in [0, 0.05) is 24.0 Å². The van der Waals surface area contributed by atoms with Gasteiger partial charge in [0.15, 0.2) is 0 Å². The lowest BCUT2D eigenvalue weighted by atomic mass is 10.2. The topological polar surface area (TPSA) is 49.4 Å². The molecule has 0 saturated carbocycles. The Balaban J connectivity index is 1.77. The van der Waals surface area contributed by atoms with Crippen LogP contribution in [0.1, 0.15) is 23.2 Å². The van der Waals surface area contributed by atoms with Gasteiger partial charge in [0.05, 0.1) is 14.1 Å². The quantitative estimate of drug-likeness (QED) is 0.752. The Morgan fingerprint density at radius 3 is 2.77 bits per heavy atom. The van der Waals surface area contributed by atoms with Crippen molar-refractivity contribution >= 4 is 57.1 Å². The van der Waals surface area contributed by atoms with E-state index < -0.39 is 5.82 Å². The summed E-state index contributed by atoms with van der Waals surface area (Å²) >= 11 is 3.61. The molecule has 0 radical (unpaired) electrons. The smallest absolute Gasteiger partial charge is 0.256 e. The molecule has 3 rings (SSSR count). The van der Waals surface area contributed by atoms with Gasteiger partial charge in [0.2, 0.25) is 5.91 Å². The van der Waals surface area contributed by atoms with Gasteiger partial charge in [-0.3, -0.25) is 9.59 Å². The zero-order chi connectivity index (χ0) is 15.7. The first-order valence-electron chi connectivity index (χ1n) is 6.70. The Bertz CT molecular complexity index is 747. The molecule has 0 atom stereocenters. The van der Waals surface area contributed by atoms with Gasteiger partial charge >= 0.3 is 0 Å². The molecule has 0 spiro atoms. The van der Waals surface area contributed by atoms with Crippen LogP contribution in [0.3, 0.4) is 0 Å². The number of anilines is 2. The molecule has 1 saturated heterocycles. The van der Waals surface area contributed by atoms with Gasteiger partial charge in [0.1, 0.15) is 5.82 Å². The molecule has 22 heavy (non-hydrogen) atoms. The molecule has 1 aromatic carbocycles. The fourth-order valence-electron chi connectivity index (χ4n) is 2.34. The van der Waals surface area contributed by atoms with E-state index in [2.05, 4.69) is 27.9 Å². The third kappa shape index (κ3) is 3.14. The zero-order valence-corrected chi connectivity index (χ0v) is 14.4. The molecule has 2 heterocycles. The van der Waals surface area contributed by atoms with E-state index in [0.717, 1.165) is 9.30 Å². The van der Waals surface area contributed by atoms with E-state index in [0.29, 0.717) is 24.2 Å². The minimum atomic E-state index is -0.507. The van der Waals surface area contributed by atoms with Gasteiger partial charge in [-0.25, -0.2) is 4.39 Å². The molecule has 0 unspecified atom stereocenters. The van der Waals surface area contributed by atoms with Crippen LogP contribution in [0.4, 0.5) is 15.8 Å². The number of carbonyl (C=O) groups is 2. The van der Waals surface area contributed by atoms with Crippen LogP contribution in [0.2, 0.25) is 0 Å². The van der Waals surface area contributed by atoms with Gasteiger partial charge in [-0.2, -0.15) is 0 Å². The largest absolute Gasteiger partial charge is 0.322 e. The van der Waals surface area contributed by atoms with Crippen molar-refractivity contribution in [3.8, 4) is 0 Å². The van der Waals surface area contributed by atoms with Crippen LogP contribution in [0, 0.1) is 8.70 Å². The molecule has 4 nitrogen and oxygen atoms in total. The van der Waals surface area contributed by atoms with E-state index in [1.165, 1.54) is 28.4 Å². The fourth-order valence-corrected chi connectivity index (χ4v) is 3.67. The highest BCUT2D eigenvalue weighted by Gasteiger charge is 2.24. The molecule has 0 aliphatic carbocycles. The van der Waals surface area contributed by atoms with Gasteiger partial charge < -0.3 is 10.2 Å². The summed E-state index contributed by atoms with van der Waals surface area (Å²) in [5.74, 6) is -0.847. The third-order valence-corrected chi connectivity index (χ3v) is 5.19. The van der Waals surface area contributed by atoms with Gasteiger partial charge in [0.25, 0.3) is 5.91 Å².